The number of piperidine rings is 1. The second-order valence-corrected chi connectivity index (χ2v) is 6.95. The normalized spacial score (nSPS) is 20.9. The maximum absolute atomic E-state index is 13.0. The molecule has 0 N–H and O–H groups in total. The summed E-state index contributed by atoms with van der Waals surface area (Å²) in [5.41, 5.74) is 2.09. The van der Waals surface area contributed by atoms with E-state index in [0.717, 1.165) is 30.6 Å². The maximum Gasteiger partial charge on any atom is 0.272 e. The van der Waals surface area contributed by atoms with Crippen molar-refractivity contribution in [2.45, 2.75) is 39.2 Å². The number of carbonyl (C=O) groups excluding carboxylic acids is 1. The molecule has 4 heteroatoms. The SMILES string of the molecule is CCC1CCC(C)N(C(=O)c2cccc(-c3ccccc3Cl)n2)C1. The van der Waals surface area contributed by atoms with Crippen LogP contribution >= 0.6 is 11.6 Å². The Hall–Kier alpha value is -1.87. The molecule has 1 aromatic carbocycles. The Kier molecular flexibility index (Phi) is 5.20. The lowest BCUT2D eigenvalue weighted by Crippen LogP contribution is -2.45. The monoisotopic (exact) mass is 342 g/mol. The molecule has 1 fully saturated rings. The predicted octanol–water partition coefficient (Wildman–Crippen LogP) is 5.05. The quantitative estimate of drug-likeness (QED) is 0.781. The number of aromatic nitrogens is 1. The second-order valence-electron chi connectivity index (χ2n) is 6.55. The number of likely N-dealkylation sites (tertiary alicyclic amines) is 1. The molecule has 1 aliphatic rings. The van der Waals surface area contributed by atoms with E-state index in [2.05, 4.69) is 18.8 Å². The number of rotatable bonds is 3. The van der Waals surface area contributed by atoms with Gasteiger partial charge in [-0.15, -0.1) is 0 Å². The van der Waals surface area contributed by atoms with Gasteiger partial charge in [0.05, 0.1) is 5.69 Å². The topological polar surface area (TPSA) is 33.2 Å². The molecule has 2 atom stereocenters. The molecule has 2 unspecified atom stereocenters. The van der Waals surface area contributed by atoms with Crippen LogP contribution in [0.3, 0.4) is 0 Å². The van der Waals surface area contributed by atoms with Crippen LogP contribution < -0.4 is 0 Å². The third-order valence-corrected chi connectivity index (χ3v) is 5.27. The Morgan fingerprint density at radius 3 is 2.75 bits per heavy atom. The van der Waals surface area contributed by atoms with Gasteiger partial charge in [0.2, 0.25) is 0 Å². The van der Waals surface area contributed by atoms with Gasteiger partial charge in [0.25, 0.3) is 5.91 Å². The van der Waals surface area contributed by atoms with Crippen molar-refractivity contribution in [1.29, 1.82) is 0 Å². The fourth-order valence-corrected chi connectivity index (χ4v) is 3.55. The molecule has 2 heterocycles. The zero-order chi connectivity index (χ0) is 17.1. The van der Waals surface area contributed by atoms with Gasteiger partial charge in [-0.2, -0.15) is 0 Å². The lowest BCUT2D eigenvalue weighted by molar-refractivity contribution is 0.0551. The third-order valence-electron chi connectivity index (χ3n) is 4.94. The molecular formula is C20H23ClN2O. The highest BCUT2D eigenvalue weighted by atomic mass is 35.5. The van der Waals surface area contributed by atoms with E-state index in [1.165, 1.54) is 6.42 Å². The fourth-order valence-electron chi connectivity index (χ4n) is 3.32. The van der Waals surface area contributed by atoms with Gasteiger partial charge < -0.3 is 4.90 Å². The molecule has 0 saturated carbocycles. The highest BCUT2D eigenvalue weighted by Gasteiger charge is 2.29. The molecule has 126 valence electrons. The molecule has 1 aromatic heterocycles. The van der Waals surface area contributed by atoms with E-state index in [0.29, 0.717) is 16.6 Å². The van der Waals surface area contributed by atoms with Crippen molar-refractivity contribution in [3.05, 3.63) is 53.2 Å². The molecule has 1 aliphatic heterocycles. The van der Waals surface area contributed by atoms with Gasteiger partial charge in [-0.25, -0.2) is 4.98 Å². The van der Waals surface area contributed by atoms with Crippen molar-refractivity contribution in [2.24, 2.45) is 5.92 Å². The van der Waals surface area contributed by atoms with Gasteiger partial charge in [0.1, 0.15) is 5.69 Å². The minimum Gasteiger partial charge on any atom is -0.334 e. The summed E-state index contributed by atoms with van der Waals surface area (Å²) in [6, 6.07) is 13.4. The van der Waals surface area contributed by atoms with Crippen LogP contribution in [0.4, 0.5) is 0 Å². The average molecular weight is 343 g/mol. The summed E-state index contributed by atoms with van der Waals surface area (Å²) < 4.78 is 0. The number of pyridine rings is 1. The third kappa shape index (κ3) is 3.46. The zero-order valence-electron chi connectivity index (χ0n) is 14.2. The Labute approximate surface area is 148 Å². The van der Waals surface area contributed by atoms with Crippen LogP contribution in [0.1, 0.15) is 43.6 Å². The molecule has 1 amide bonds. The zero-order valence-corrected chi connectivity index (χ0v) is 15.0. The Balaban J connectivity index is 1.88. The average Bonchev–Trinajstić information content (AvgIpc) is 2.62. The maximum atomic E-state index is 13.0. The standard InChI is InChI=1S/C20H23ClN2O/c1-3-15-12-11-14(2)23(13-15)20(24)19-10-6-9-18(22-19)16-7-4-5-8-17(16)21/h4-10,14-15H,3,11-13H2,1-2H3. The summed E-state index contributed by atoms with van der Waals surface area (Å²) in [5, 5.41) is 0.645. The van der Waals surface area contributed by atoms with Crippen LogP contribution in [0.25, 0.3) is 11.3 Å². The summed E-state index contributed by atoms with van der Waals surface area (Å²) >= 11 is 6.27. The molecule has 0 spiro atoms. The lowest BCUT2D eigenvalue weighted by Gasteiger charge is -2.37. The first kappa shape index (κ1) is 17.0. The minimum atomic E-state index is 0.0227. The van der Waals surface area contributed by atoms with E-state index in [1.807, 2.05) is 41.3 Å². The number of nitrogens with zero attached hydrogens (tertiary/aromatic N) is 2. The van der Waals surface area contributed by atoms with Crippen LogP contribution in [-0.4, -0.2) is 28.4 Å². The fraction of sp³-hybridized carbons (Fsp3) is 0.400. The molecule has 24 heavy (non-hydrogen) atoms. The highest BCUT2D eigenvalue weighted by molar-refractivity contribution is 6.33. The summed E-state index contributed by atoms with van der Waals surface area (Å²) in [4.78, 5) is 19.5. The van der Waals surface area contributed by atoms with Gasteiger partial charge in [0.15, 0.2) is 0 Å². The van der Waals surface area contributed by atoms with Gasteiger partial charge >= 0.3 is 0 Å². The number of benzene rings is 1. The number of hydrogen-bond donors (Lipinski definition) is 0. The largest absolute Gasteiger partial charge is 0.334 e. The van der Waals surface area contributed by atoms with Crippen molar-refractivity contribution in [3.63, 3.8) is 0 Å². The van der Waals surface area contributed by atoms with E-state index < -0.39 is 0 Å². The smallest absolute Gasteiger partial charge is 0.272 e. The number of amides is 1. The van der Waals surface area contributed by atoms with E-state index in [4.69, 9.17) is 11.6 Å². The van der Waals surface area contributed by atoms with Crippen molar-refractivity contribution in [3.8, 4) is 11.3 Å². The highest BCUT2D eigenvalue weighted by Crippen LogP contribution is 2.28. The van der Waals surface area contributed by atoms with Crippen LogP contribution in [0, 0.1) is 5.92 Å². The molecule has 3 rings (SSSR count). The van der Waals surface area contributed by atoms with Crippen LogP contribution in [0.15, 0.2) is 42.5 Å². The summed E-state index contributed by atoms with van der Waals surface area (Å²) in [6.45, 7) is 5.15. The van der Waals surface area contributed by atoms with Crippen molar-refractivity contribution in [2.75, 3.05) is 6.54 Å². The number of hydrogen-bond acceptors (Lipinski definition) is 2. The van der Waals surface area contributed by atoms with Gasteiger partial charge in [-0.05, 0) is 43.9 Å². The molecule has 2 aromatic rings. The molecule has 3 nitrogen and oxygen atoms in total. The van der Waals surface area contributed by atoms with Crippen LogP contribution in [0.2, 0.25) is 5.02 Å². The van der Waals surface area contributed by atoms with Gasteiger partial charge in [-0.3, -0.25) is 4.79 Å². The first-order chi connectivity index (χ1) is 11.6. The van der Waals surface area contributed by atoms with Gasteiger partial charge in [-0.1, -0.05) is 49.2 Å². The van der Waals surface area contributed by atoms with Crippen LogP contribution in [0.5, 0.6) is 0 Å². The summed E-state index contributed by atoms with van der Waals surface area (Å²) in [6.07, 6.45) is 3.38. The van der Waals surface area contributed by atoms with E-state index in [9.17, 15) is 4.79 Å². The number of halogens is 1. The predicted molar refractivity (Wildman–Crippen MR) is 98.2 cm³/mol. The molecule has 1 saturated heterocycles. The Morgan fingerprint density at radius 2 is 2.00 bits per heavy atom. The minimum absolute atomic E-state index is 0.0227. The van der Waals surface area contributed by atoms with E-state index >= 15 is 0 Å². The lowest BCUT2D eigenvalue weighted by atomic mass is 9.91. The first-order valence-electron chi connectivity index (χ1n) is 8.63. The van der Waals surface area contributed by atoms with Gasteiger partial charge in [0, 0.05) is 23.2 Å². The second kappa shape index (κ2) is 7.35. The van der Waals surface area contributed by atoms with Crippen molar-refractivity contribution in [1.82, 2.24) is 9.88 Å². The van der Waals surface area contributed by atoms with Crippen molar-refractivity contribution >= 4 is 17.5 Å². The summed E-state index contributed by atoms with van der Waals surface area (Å²) in [5.74, 6) is 0.617. The Bertz CT molecular complexity index is 731. The number of carbonyl (C=O) groups is 1. The van der Waals surface area contributed by atoms with E-state index in [-0.39, 0.29) is 11.9 Å². The van der Waals surface area contributed by atoms with E-state index in [1.54, 1.807) is 6.07 Å². The Morgan fingerprint density at radius 1 is 1.21 bits per heavy atom. The molecular weight excluding hydrogens is 320 g/mol. The van der Waals surface area contributed by atoms with Crippen molar-refractivity contribution < 1.29 is 4.79 Å². The summed E-state index contributed by atoms with van der Waals surface area (Å²) in [7, 11) is 0. The van der Waals surface area contributed by atoms with Crippen LogP contribution in [-0.2, 0) is 0 Å². The first-order valence-corrected chi connectivity index (χ1v) is 9.01. The molecule has 0 bridgehead atoms. The molecule has 0 aliphatic carbocycles. The molecule has 0 radical (unpaired) electrons.